The molecule has 4 aromatic heterocycles. The fourth-order valence-electron chi connectivity index (χ4n) is 5.97. The lowest BCUT2D eigenvalue weighted by atomic mass is 10.0. The molecule has 4 fully saturated rings. The molecule has 4 aromatic rings. The molecule has 4 aliphatic heterocycles. The standard InChI is InChI=1S/C21H24N10O12P2/c22-14-10-15(25-5-24-14)30(6-26-10)19-12-13-21(41-19,3-37-12)4-39-45(35,36)42-9-1-8(2-38-44(33,34)43-13)40-18(9)31-7-27-11-16(31)28-20(23)29-17(11)32/h5-9,12-13,18-19H,1-4H2,(H,33,34)(H,35,36)(H2,22,24,25)(H3,23,28,29,32)/t8-,9?,12?,13?,18+,19+,21+/m0/s1. The van der Waals surface area contributed by atoms with Crippen LogP contribution in [-0.2, 0) is 41.4 Å². The Bertz CT molecular complexity index is 1990. The number of anilines is 2. The molecule has 8 rings (SSSR count). The molecule has 5 unspecified atom stereocenters. The molecule has 4 bridgehead atoms. The Balaban J connectivity index is 1.12. The number of H-pyrrole nitrogens is 1. The van der Waals surface area contributed by atoms with Crippen molar-refractivity contribution >= 4 is 49.7 Å². The van der Waals surface area contributed by atoms with Crippen molar-refractivity contribution in [1.29, 1.82) is 0 Å². The SMILES string of the molecule is Nc1nc2c(ncn2[C@@H]2O[C@@H]3COP(=O)(O)OC4C5OC[C@]4(COP(=O)(O)OC2C3)O[C@H]5n2cnc3c(N)ncnc32)c(=O)[nH]1. The second kappa shape index (κ2) is 10.0. The summed E-state index contributed by atoms with van der Waals surface area (Å²) in [6.45, 7) is -1.42. The molecule has 0 aliphatic carbocycles. The lowest BCUT2D eigenvalue weighted by Gasteiger charge is -2.32. The van der Waals surface area contributed by atoms with Gasteiger partial charge in [0.1, 0.15) is 35.8 Å². The average molecular weight is 670 g/mol. The second-order valence-corrected chi connectivity index (χ2v) is 13.6. The summed E-state index contributed by atoms with van der Waals surface area (Å²) in [6, 6.07) is 0. The van der Waals surface area contributed by atoms with Gasteiger partial charge in [0.25, 0.3) is 5.56 Å². The van der Waals surface area contributed by atoms with E-state index in [0.29, 0.717) is 0 Å². The van der Waals surface area contributed by atoms with E-state index in [1.54, 1.807) is 0 Å². The monoisotopic (exact) mass is 670 g/mol. The number of imidazole rings is 2. The molecule has 240 valence electrons. The van der Waals surface area contributed by atoms with E-state index in [2.05, 4.69) is 29.9 Å². The Hall–Kier alpha value is -3.40. The molecular weight excluding hydrogens is 646 g/mol. The maximum Gasteiger partial charge on any atom is 0.472 e. The van der Waals surface area contributed by atoms with Gasteiger partial charge in [0.05, 0.1) is 38.6 Å². The normalized spacial score (nSPS) is 38.6. The molecule has 4 saturated heterocycles. The number of phosphoric acid groups is 2. The molecule has 4 aliphatic rings. The maximum atomic E-state index is 13.4. The van der Waals surface area contributed by atoms with Gasteiger partial charge < -0.3 is 35.5 Å². The van der Waals surface area contributed by atoms with Crippen LogP contribution < -0.4 is 17.0 Å². The molecule has 0 spiro atoms. The van der Waals surface area contributed by atoms with Gasteiger partial charge in [0.15, 0.2) is 35.1 Å². The van der Waals surface area contributed by atoms with Crippen LogP contribution in [0, 0.1) is 0 Å². The molecule has 9 atom stereocenters. The molecular formula is C21H24N10O12P2. The average Bonchev–Trinajstić information content (AvgIpc) is 3.79. The number of hydrogen-bond acceptors (Lipinski definition) is 17. The minimum atomic E-state index is -4.91. The number of hydrogen-bond donors (Lipinski definition) is 5. The summed E-state index contributed by atoms with van der Waals surface area (Å²) in [5.41, 5.74) is 9.78. The zero-order valence-corrected chi connectivity index (χ0v) is 24.5. The van der Waals surface area contributed by atoms with Crippen molar-refractivity contribution in [2.75, 3.05) is 31.3 Å². The lowest BCUT2D eigenvalue weighted by molar-refractivity contribution is -0.184. The lowest BCUT2D eigenvalue weighted by Crippen LogP contribution is -2.45. The quantitative estimate of drug-likeness (QED) is 0.161. The van der Waals surface area contributed by atoms with E-state index in [-0.39, 0.29) is 47.1 Å². The number of aromatic amines is 1. The highest BCUT2D eigenvalue weighted by molar-refractivity contribution is 7.47. The molecule has 8 heterocycles. The van der Waals surface area contributed by atoms with Crippen molar-refractivity contribution in [3.63, 3.8) is 0 Å². The molecule has 0 saturated carbocycles. The molecule has 7 N–H and O–H groups in total. The summed E-state index contributed by atoms with van der Waals surface area (Å²) in [4.78, 5) is 56.7. The van der Waals surface area contributed by atoms with E-state index in [4.69, 9.17) is 43.8 Å². The number of nitrogen functional groups attached to an aromatic ring is 2. The number of aromatic nitrogens is 8. The van der Waals surface area contributed by atoms with Crippen LogP contribution in [0.3, 0.4) is 0 Å². The van der Waals surface area contributed by atoms with Crippen molar-refractivity contribution in [2.24, 2.45) is 0 Å². The number of nitrogens with one attached hydrogen (secondary N) is 1. The van der Waals surface area contributed by atoms with Gasteiger partial charge in [-0.25, -0.2) is 29.1 Å². The van der Waals surface area contributed by atoms with E-state index in [9.17, 15) is 23.7 Å². The molecule has 22 nitrogen and oxygen atoms in total. The zero-order valence-electron chi connectivity index (χ0n) is 22.7. The highest BCUT2D eigenvalue weighted by atomic mass is 31.2. The Morgan fingerprint density at radius 2 is 1.71 bits per heavy atom. The van der Waals surface area contributed by atoms with Gasteiger partial charge in [0, 0.05) is 6.42 Å². The fourth-order valence-corrected chi connectivity index (χ4v) is 7.96. The van der Waals surface area contributed by atoms with E-state index >= 15 is 0 Å². The zero-order chi connectivity index (χ0) is 31.3. The summed E-state index contributed by atoms with van der Waals surface area (Å²) < 4.78 is 69.4. The number of ether oxygens (including phenoxy) is 3. The van der Waals surface area contributed by atoms with Crippen molar-refractivity contribution in [2.45, 2.75) is 48.9 Å². The van der Waals surface area contributed by atoms with Gasteiger partial charge in [-0.3, -0.25) is 37.0 Å². The number of nitrogens with two attached hydrogens (primary N) is 2. The number of rotatable bonds is 2. The molecule has 45 heavy (non-hydrogen) atoms. The van der Waals surface area contributed by atoms with E-state index in [0.717, 1.165) is 0 Å². The Labute approximate surface area is 249 Å². The van der Waals surface area contributed by atoms with Crippen LogP contribution in [0.1, 0.15) is 18.9 Å². The molecule has 0 radical (unpaired) electrons. The summed E-state index contributed by atoms with van der Waals surface area (Å²) in [5.74, 6) is -0.0960. The van der Waals surface area contributed by atoms with Crippen LogP contribution in [-0.4, -0.2) is 98.7 Å². The highest BCUT2D eigenvalue weighted by Gasteiger charge is 2.66. The predicted molar refractivity (Wildman–Crippen MR) is 145 cm³/mol. The third-order valence-electron chi connectivity index (χ3n) is 7.92. The largest absolute Gasteiger partial charge is 0.472 e. The second-order valence-electron chi connectivity index (χ2n) is 10.8. The van der Waals surface area contributed by atoms with Crippen molar-refractivity contribution < 1.29 is 51.2 Å². The first kappa shape index (κ1) is 29.0. The van der Waals surface area contributed by atoms with Gasteiger partial charge in [-0.1, -0.05) is 0 Å². The minimum Gasteiger partial charge on any atom is -0.382 e. The fraction of sp³-hybridized carbons (Fsp3) is 0.524. The van der Waals surface area contributed by atoms with Crippen LogP contribution in [0.4, 0.5) is 11.8 Å². The Morgan fingerprint density at radius 3 is 2.53 bits per heavy atom. The summed E-state index contributed by atoms with van der Waals surface area (Å²) >= 11 is 0. The van der Waals surface area contributed by atoms with Crippen LogP contribution in [0.25, 0.3) is 22.3 Å². The van der Waals surface area contributed by atoms with Crippen LogP contribution in [0.2, 0.25) is 0 Å². The number of fused-ring (bicyclic) bond motifs is 4. The highest BCUT2D eigenvalue weighted by Crippen LogP contribution is 2.58. The number of nitrogens with zero attached hydrogens (tertiary/aromatic N) is 7. The van der Waals surface area contributed by atoms with Crippen LogP contribution in [0.15, 0.2) is 23.8 Å². The minimum absolute atomic E-state index is 0.00251. The first-order valence-corrected chi connectivity index (χ1v) is 16.3. The molecule has 0 amide bonds. The van der Waals surface area contributed by atoms with Gasteiger partial charge in [-0.15, -0.1) is 0 Å². The topological polar surface area (TPSA) is 298 Å². The molecule has 0 aromatic carbocycles. The van der Waals surface area contributed by atoms with Gasteiger partial charge in [0.2, 0.25) is 5.95 Å². The van der Waals surface area contributed by atoms with E-state index < -0.39 is 76.9 Å². The smallest absolute Gasteiger partial charge is 0.382 e. The third kappa shape index (κ3) is 4.77. The maximum absolute atomic E-state index is 13.4. The third-order valence-corrected chi connectivity index (χ3v) is 9.88. The van der Waals surface area contributed by atoms with Gasteiger partial charge >= 0.3 is 15.6 Å². The predicted octanol–water partition coefficient (Wildman–Crippen LogP) is -0.904. The van der Waals surface area contributed by atoms with Crippen LogP contribution >= 0.6 is 15.6 Å². The Morgan fingerprint density at radius 1 is 0.956 bits per heavy atom. The van der Waals surface area contributed by atoms with Crippen molar-refractivity contribution in [1.82, 2.24) is 39.0 Å². The van der Waals surface area contributed by atoms with Crippen LogP contribution in [0.5, 0.6) is 0 Å². The number of phosphoric ester groups is 2. The van der Waals surface area contributed by atoms with Gasteiger partial charge in [-0.05, 0) is 0 Å². The van der Waals surface area contributed by atoms with E-state index in [1.165, 1.54) is 28.1 Å². The van der Waals surface area contributed by atoms with Crippen molar-refractivity contribution in [3.05, 3.63) is 29.3 Å². The summed E-state index contributed by atoms with van der Waals surface area (Å²) in [6.07, 6.45) is -3.07. The van der Waals surface area contributed by atoms with Gasteiger partial charge in [-0.2, -0.15) is 4.98 Å². The molecule has 24 heteroatoms. The summed E-state index contributed by atoms with van der Waals surface area (Å²) in [5, 5.41) is 0. The summed E-state index contributed by atoms with van der Waals surface area (Å²) in [7, 11) is -9.76. The first-order valence-electron chi connectivity index (χ1n) is 13.3. The first-order chi connectivity index (χ1) is 21.4. The van der Waals surface area contributed by atoms with E-state index in [1.807, 2.05) is 0 Å². The van der Waals surface area contributed by atoms with Crippen molar-refractivity contribution in [3.8, 4) is 0 Å². The Kier molecular flexibility index (Phi) is 6.48.